The number of amidine groups is 1. The van der Waals surface area contributed by atoms with Crippen LogP contribution in [0.5, 0.6) is 0 Å². The summed E-state index contributed by atoms with van der Waals surface area (Å²) in [4.78, 5) is 0. The summed E-state index contributed by atoms with van der Waals surface area (Å²) in [5.41, 5.74) is 5.13. The monoisotopic (exact) mass is 190 g/mol. The largest absolute Gasteiger partial charge is 0.388 e. The highest BCUT2D eigenvalue weighted by Gasteiger charge is 1.91. The first-order valence-corrected chi connectivity index (χ1v) is 4.24. The number of hydrogen-bond acceptors (Lipinski definition) is 4. The van der Waals surface area contributed by atoms with Gasteiger partial charge in [-0.25, -0.2) is 0 Å². The van der Waals surface area contributed by atoms with Gasteiger partial charge in [-0.2, -0.15) is 0 Å². The summed E-state index contributed by atoms with van der Waals surface area (Å²) in [6.45, 7) is 2.78. The Hall–Kier alpha value is -0.650. The van der Waals surface area contributed by atoms with E-state index in [9.17, 15) is 0 Å². The van der Waals surface area contributed by atoms with Gasteiger partial charge in [0.1, 0.15) is 0 Å². The van der Waals surface area contributed by atoms with Crippen molar-refractivity contribution in [3.05, 3.63) is 0 Å². The van der Waals surface area contributed by atoms with Crippen molar-refractivity contribution < 1.29 is 14.2 Å². The lowest BCUT2D eigenvalue weighted by Crippen LogP contribution is -2.14. The van der Waals surface area contributed by atoms with Gasteiger partial charge in [-0.15, -0.1) is 0 Å². The van der Waals surface area contributed by atoms with Crippen LogP contribution >= 0.6 is 0 Å². The molecular weight excluding hydrogens is 172 g/mol. The Balaban J connectivity index is 2.87. The SMILES string of the molecule is COCCOCCOCCC(=N)N. The summed E-state index contributed by atoms with van der Waals surface area (Å²) in [6, 6.07) is 0. The molecule has 0 fully saturated rings. The van der Waals surface area contributed by atoms with E-state index in [4.69, 9.17) is 25.4 Å². The molecule has 0 rings (SSSR count). The van der Waals surface area contributed by atoms with E-state index in [-0.39, 0.29) is 5.84 Å². The average molecular weight is 190 g/mol. The van der Waals surface area contributed by atoms with Gasteiger partial charge in [-0.3, -0.25) is 5.41 Å². The normalized spacial score (nSPS) is 10.2. The Bertz CT molecular complexity index is 131. The highest BCUT2D eigenvalue weighted by Crippen LogP contribution is 1.83. The lowest BCUT2D eigenvalue weighted by Gasteiger charge is -2.04. The predicted octanol–water partition coefficient (Wildman–Crippen LogP) is -0.00793. The van der Waals surface area contributed by atoms with E-state index < -0.39 is 0 Å². The van der Waals surface area contributed by atoms with Crippen molar-refractivity contribution in [3.63, 3.8) is 0 Å². The zero-order chi connectivity index (χ0) is 9.94. The molecule has 78 valence electrons. The lowest BCUT2D eigenvalue weighted by atomic mass is 10.4. The second-order valence-electron chi connectivity index (χ2n) is 2.49. The maximum Gasteiger partial charge on any atom is 0.0928 e. The van der Waals surface area contributed by atoms with Crippen LogP contribution < -0.4 is 5.73 Å². The topological polar surface area (TPSA) is 77.6 Å². The number of rotatable bonds is 9. The highest BCUT2D eigenvalue weighted by molar-refractivity contribution is 5.76. The second kappa shape index (κ2) is 9.44. The molecule has 0 aliphatic carbocycles. The molecule has 0 saturated heterocycles. The van der Waals surface area contributed by atoms with Gasteiger partial charge < -0.3 is 19.9 Å². The molecule has 0 unspecified atom stereocenters. The minimum absolute atomic E-state index is 0.153. The van der Waals surface area contributed by atoms with Gasteiger partial charge in [-0.1, -0.05) is 0 Å². The Morgan fingerprint density at radius 1 is 1.08 bits per heavy atom. The van der Waals surface area contributed by atoms with Gasteiger partial charge in [0.25, 0.3) is 0 Å². The molecule has 0 aromatic heterocycles. The quantitative estimate of drug-likeness (QED) is 0.304. The molecule has 3 N–H and O–H groups in total. The third-order valence-electron chi connectivity index (χ3n) is 1.32. The maximum absolute atomic E-state index is 6.92. The Labute approximate surface area is 78.7 Å². The molecule has 0 spiro atoms. The van der Waals surface area contributed by atoms with Crippen LogP contribution in [0, 0.1) is 5.41 Å². The van der Waals surface area contributed by atoms with E-state index in [1.807, 2.05) is 0 Å². The molecule has 0 aromatic rings. The number of ether oxygens (including phenoxy) is 3. The van der Waals surface area contributed by atoms with Crippen LogP contribution in [0.25, 0.3) is 0 Å². The van der Waals surface area contributed by atoms with E-state index in [2.05, 4.69) is 0 Å². The summed E-state index contributed by atoms with van der Waals surface area (Å²) >= 11 is 0. The molecule has 5 nitrogen and oxygen atoms in total. The lowest BCUT2D eigenvalue weighted by molar-refractivity contribution is 0.0264. The maximum atomic E-state index is 6.92. The van der Waals surface area contributed by atoms with E-state index in [1.54, 1.807) is 7.11 Å². The minimum Gasteiger partial charge on any atom is -0.388 e. The van der Waals surface area contributed by atoms with Crippen molar-refractivity contribution in [2.75, 3.05) is 40.1 Å². The van der Waals surface area contributed by atoms with E-state index >= 15 is 0 Å². The van der Waals surface area contributed by atoms with Crippen molar-refractivity contribution in [2.45, 2.75) is 6.42 Å². The van der Waals surface area contributed by atoms with Gasteiger partial charge in [0.2, 0.25) is 0 Å². The van der Waals surface area contributed by atoms with Crippen LogP contribution in [0.1, 0.15) is 6.42 Å². The zero-order valence-electron chi connectivity index (χ0n) is 8.04. The van der Waals surface area contributed by atoms with E-state index in [1.165, 1.54) is 0 Å². The fourth-order valence-electron chi connectivity index (χ4n) is 0.646. The number of hydrogen-bond donors (Lipinski definition) is 2. The summed E-state index contributed by atoms with van der Waals surface area (Å²) in [5.74, 6) is 0.153. The van der Waals surface area contributed by atoms with Gasteiger partial charge >= 0.3 is 0 Å². The Morgan fingerprint density at radius 2 is 1.62 bits per heavy atom. The third kappa shape index (κ3) is 11.3. The van der Waals surface area contributed by atoms with Crippen LogP contribution in [-0.4, -0.2) is 46.0 Å². The highest BCUT2D eigenvalue weighted by atomic mass is 16.5. The molecule has 5 heteroatoms. The number of methoxy groups -OCH3 is 1. The van der Waals surface area contributed by atoms with Gasteiger partial charge in [0, 0.05) is 13.5 Å². The van der Waals surface area contributed by atoms with Crippen LogP contribution in [0.3, 0.4) is 0 Å². The van der Waals surface area contributed by atoms with Gasteiger partial charge in [0.15, 0.2) is 0 Å². The van der Waals surface area contributed by atoms with E-state index in [0.717, 1.165) is 0 Å². The summed E-state index contributed by atoms with van der Waals surface area (Å²) in [5, 5.41) is 6.92. The Morgan fingerprint density at radius 3 is 2.15 bits per heavy atom. The Kier molecular flexibility index (Phi) is 8.97. The van der Waals surface area contributed by atoms with Crippen molar-refractivity contribution in [1.29, 1.82) is 5.41 Å². The first-order valence-electron chi connectivity index (χ1n) is 4.24. The molecule has 0 saturated carbocycles. The second-order valence-corrected chi connectivity index (χ2v) is 2.49. The molecule has 0 bridgehead atoms. The summed E-state index contributed by atoms with van der Waals surface area (Å²) in [6.07, 6.45) is 0.484. The first-order chi connectivity index (χ1) is 6.27. The molecule has 0 aromatic carbocycles. The van der Waals surface area contributed by atoms with Gasteiger partial charge in [-0.05, 0) is 0 Å². The molecule has 13 heavy (non-hydrogen) atoms. The predicted molar refractivity (Wildman–Crippen MR) is 50.0 cm³/mol. The van der Waals surface area contributed by atoms with Crippen molar-refractivity contribution in [1.82, 2.24) is 0 Å². The van der Waals surface area contributed by atoms with Crippen LogP contribution in [0.4, 0.5) is 0 Å². The standard InChI is InChI=1S/C8H18N2O3/c1-11-4-5-13-7-6-12-3-2-8(9)10/h2-7H2,1H3,(H3,9,10). The zero-order valence-corrected chi connectivity index (χ0v) is 8.04. The summed E-state index contributed by atoms with van der Waals surface area (Å²) < 4.78 is 15.1. The molecule has 0 aliphatic rings. The third-order valence-corrected chi connectivity index (χ3v) is 1.32. The number of nitrogens with two attached hydrogens (primary N) is 1. The molecule has 0 atom stereocenters. The van der Waals surface area contributed by atoms with E-state index in [0.29, 0.717) is 39.5 Å². The number of nitrogens with one attached hydrogen (secondary N) is 1. The van der Waals surface area contributed by atoms with Gasteiger partial charge in [0.05, 0.1) is 38.9 Å². The van der Waals surface area contributed by atoms with Crippen LogP contribution in [0.15, 0.2) is 0 Å². The van der Waals surface area contributed by atoms with Crippen molar-refractivity contribution >= 4 is 5.84 Å². The fraction of sp³-hybridized carbons (Fsp3) is 0.875. The molecule has 0 aliphatic heterocycles. The molecular formula is C8H18N2O3. The molecule has 0 radical (unpaired) electrons. The van der Waals surface area contributed by atoms with Crippen LogP contribution in [-0.2, 0) is 14.2 Å². The van der Waals surface area contributed by atoms with Crippen molar-refractivity contribution in [2.24, 2.45) is 5.73 Å². The minimum atomic E-state index is 0.153. The first kappa shape index (κ1) is 12.3. The summed E-state index contributed by atoms with van der Waals surface area (Å²) in [7, 11) is 1.63. The smallest absolute Gasteiger partial charge is 0.0928 e. The average Bonchev–Trinajstić information content (AvgIpc) is 2.09. The fourth-order valence-corrected chi connectivity index (χ4v) is 0.646. The molecule has 0 amide bonds. The molecule has 0 heterocycles. The van der Waals surface area contributed by atoms with Crippen molar-refractivity contribution in [3.8, 4) is 0 Å². The van der Waals surface area contributed by atoms with Crippen LogP contribution in [0.2, 0.25) is 0 Å².